The van der Waals surface area contributed by atoms with Crippen molar-refractivity contribution in [2.45, 2.75) is 6.42 Å². The summed E-state index contributed by atoms with van der Waals surface area (Å²) in [6, 6.07) is 8.13. The first kappa shape index (κ1) is 25.9. The molecule has 0 atom stereocenters. The summed E-state index contributed by atoms with van der Waals surface area (Å²) in [4.78, 5) is 38.5. The summed E-state index contributed by atoms with van der Waals surface area (Å²) >= 11 is 21.0. The third-order valence-corrected chi connectivity index (χ3v) is 6.34. The van der Waals surface area contributed by atoms with Gasteiger partial charge in [-0.3, -0.25) is 19.8 Å². The molecular weight excluding hydrogens is 567 g/mol. The van der Waals surface area contributed by atoms with Crippen LogP contribution in [-0.2, 0) is 25.5 Å². The molecule has 34 heavy (non-hydrogen) atoms. The highest BCUT2D eigenvalue weighted by atomic mass is 79.9. The summed E-state index contributed by atoms with van der Waals surface area (Å²) in [5.41, 5.74) is 1.28. The van der Waals surface area contributed by atoms with Crippen molar-refractivity contribution in [1.82, 2.24) is 5.32 Å². The zero-order valence-electron chi connectivity index (χ0n) is 17.7. The molecule has 0 saturated carbocycles. The van der Waals surface area contributed by atoms with E-state index in [1.165, 1.54) is 13.2 Å². The van der Waals surface area contributed by atoms with E-state index in [-0.39, 0.29) is 33.0 Å². The number of ether oxygens (including phenoxy) is 2. The number of halogens is 3. The molecule has 2 aromatic carbocycles. The lowest BCUT2D eigenvalue weighted by molar-refractivity contribution is -0.143. The molecular formula is C23H17BrCl2N2O5S. The number of anilines is 1. The van der Waals surface area contributed by atoms with Crippen molar-refractivity contribution in [3.63, 3.8) is 0 Å². The molecule has 176 valence electrons. The van der Waals surface area contributed by atoms with Crippen molar-refractivity contribution in [3.05, 3.63) is 74.2 Å². The van der Waals surface area contributed by atoms with Crippen molar-refractivity contribution < 1.29 is 23.9 Å². The van der Waals surface area contributed by atoms with Crippen molar-refractivity contribution >= 4 is 86.0 Å². The number of nitrogens with one attached hydrogen (secondary N) is 1. The number of thiocarbonyl (C=S) groups is 1. The number of benzene rings is 2. The number of carbonyl (C=O) groups is 3. The van der Waals surface area contributed by atoms with Crippen LogP contribution in [0.4, 0.5) is 5.69 Å². The summed E-state index contributed by atoms with van der Waals surface area (Å²) in [7, 11) is 1.26. The molecule has 2 amide bonds. The number of hydrogen-bond donors (Lipinski definition) is 1. The smallest absolute Gasteiger partial charge is 0.343 e. The quantitative estimate of drug-likeness (QED) is 0.165. The Morgan fingerprint density at radius 3 is 2.71 bits per heavy atom. The van der Waals surface area contributed by atoms with Gasteiger partial charge in [0, 0.05) is 0 Å². The van der Waals surface area contributed by atoms with Gasteiger partial charge in [-0.25, -0.2) is 4.79 Å². The van der Waals surface area contributed by atoms with Crippen LogP contribution >= 0.6 is 51.3 Å². The Kier molecular flexibility index (Phi) is 8.48. The van der Waals surface area contributed by atoms with E-state index in [4.69, 9.17) is 40.2 Å². The van der Waals surface area contributed by atoms with Gasteiger partial charge in [0.25, 0.3) is 11.8 Å². The van der Waals surface area contributed by atoms with E-state index in [9.17, 15) is 14.4 Å². The van der Waals surface area contributed by atoms with E-state index in [0.29, 0.717) is 27.8 Å². The van der Waals surface area contributed by atoms with Gasteiger partial charge in [0.1, 0.15) is 11.3 Å². The predicted octanol–water partition coefficient (Wildman–Crippen LogP) is 4.87. The van der Waals surface area contributed by atoms with E-state index in [0.717, 1.165) is 4.90 Å². The van der Waals surface area contributed by atoms with Gasteiger partial charge in [0.05, 0.1) is 27.3 Å². The highest BCUT2D eigenvalue weighted by molar-refractivity contribution is 9.10. The Labute approximate surface area is 219 Å². The van der Waals surface area contributed by atoms with Crippen LogP contribution in [0.3, 0.4) is 0 Å². The molecule has 0 aromatic heterocycles. The number of rotatable bonds is 7. The first-order chi connectivity index (χ1) is 16.2. The van der Waals surface area contributed by atoms with Gasteiger partial charge < -0.3 is 9.47 Å². The third kappa shape index (κ3) is 5.50. The molecule has 1 saturated heterocycles. The molecule has 0 aliphatic carbocycles. The predicted molar refractivity (Wildman–Crippen MR) is 138 cm³/mol. The molecule has 11 heteroatoms. The average molecular weight is 584 g/mol. The monoisotopic (exact) mass is 582 g/mol. The normalized spacial score (nSPS) is 14.8. The number of esters is 1. The molecule has 7 nitrogen and oxygen atoms in total. The lowest BCUT2D eigenvalue weighted by Gasteiger charge is -2.29. The molecule has 1 heterocycles. The van der Waals surface area contributed by atoms with Crippen molar-refractivity contribution in [2.24, 2.45) is 0 Å². The van der Waals surface area contributed by atoms with Gasteiger partial charge in [0.2, 0.25) is 0 Å². The third-order valence-electron chi connectivity index (χ3n) is 4.65. The summed E-state index contributed by atoms with van der Waals surface area (Å²) in [5, 5.41) is 2.75. The van der Waals surface area contributed by atoms with Gasteiger partial charge in [0.15, 0.2) is 11.7 Å². The zero-order valence-corrected chi connectivity index (χ0v) is 21.6. The largest absolute Gasteiger partial charge is 0.480 e. The van der Waals surface area contributed by atoms with E-state index >= 15 is 0 Å². The SMILES string of the molecule is C=CCc1cc(/C=C2\C(=O)NC(=S)N(c3cccc(Cl)c3Cl)C2=O)cc(Br)c1OCC(=O)OC. The van der Waals surface area contributed by atoms with E-state index in [2.05, 4.69) is 32.6 Å². The Morgan fingerprint density at radius 1 is 1.29 bits per heavy atom. The maximum atomic E-state index is 13.3. The Hall–Kier alpha value is -2.72. The maximum Gasteiger partial charge on any atom is 0.343 e. The van der Waals surface area contributed by atoms with Gasteiger partial charge in [-0.1, -0.05) is 35.3 Å². The number of carbonyl (C=O) groups excluding carboxylic acids is 3. The topological polar surface area (TPSA) is 84.9 Å². The second kappa shape index (κ2) is 11.1. The van der Waals surface area contributed by atoms with Crippen LogP contribution in [0.1, 0.15) is 11.1 Å². The van der Waals surface area contributed by atoms with Crippen molar-refractivity contribution in [3.8, 4) is 5.75 Å². The van der Waals surface area contributed by atoms with Crippen LogP contribution in [-0.4, -0.2) is 36.6 Å². The van der Waals surface area contributed by atoms with Crippen LogP contribution in [0.25, 0.3) is 6.08 Å². The lowest BCUT2D eigenvalue weighted by Crippen LogP contribution is -2.54. The van der Waals surface area contributed by atoms with Gasteiger partial charge in [-0.15, -0.1) is 6.58 Å². The fourth-order valence-electron chi connectivity index (χ4n) is 3.12. The molecule has 0 bridgehead atoms. The van der Waals surface area contributed by atoms with Crippen LogP contribution in [0.15, 0.2) is 53.0 Å². The van der Waals surface area contributed by atoms with Crippen LogP contribution in [0.2, 0.25) is 10.0 Å². The summed E-state index contributed by atoms with van der Waals surface area (Å²) in [6.07, 6.45) is 3.48. The number of allylic oxidation sites excluding steroid dienone is 1. The van der Waals surface area contributed by atoms with E-state index < -0.39 is 17.8 Å². The summed E-state index contributed by atoms with van der Waals surface area (Å²) in [5.74, 6) is -1.44. The Bertz CT molecular complexity index is 1250. The van der Waals surface area contributed by atoms with Gasteiger partial charge in [-0.2, -0.15) is 0 Å². The van der Waals surface area contributed by atoms with Crippen LogP contribution in [0.5, 0.6) is 5.75 Å². The standard InChI is InChI=1S/C23H17BrCl2N2O5S/c1-3-5-13-8-12(10-15(24)20(13)33-11-18(29)32-2)9-14-21(30)27-23(34)28(22(14)31)17-7-4-6-16(25)19(17)26/h3-4,6-10H,1,5,11H2,2H3,(H,27,30,34)/b14-9+. The maximum absolute atomic E-state index is 13.3. The zero-order chi connectivity index (χ0) is 25.0. The first-order valence-electron chi connectivity index (χ1n) is 9.66. The van der Waals surface area contributed by atoms with Crippen molar-refractivity contribution in [2.75, 3.05) is 18.6 Å². The molecule has 2 aromatic rings. The molecule has 3 rings (SSSR count). The molecule has 1 aliphatic rings. The minimum absolute atomic E-state index is 0.114. The van der Waals surface area contributed by atoms with Crippen LogP contribution in [0, 0.1) is 0 Å². The minimum Gasteiger partial charge on any atom is -0.480 e. The van der Waals surface area contributed by atoms with E-state index in [1.54, 1.807) is 36.4 Å². The number of nitrogens with zero attached hydrogens (tertiary/aromatic N) is 1. The van der Waals surface area contributed by atoms with Crippen LogP contribution < -0.4 is 15.0 Å². The summed E-state index contributed by atoms with van der Waals surface area (Å²) < 4.78 is 10.7. The second-order valence-corrected chi connectivity index (χ2v) is 8.91. The number of hydrogen-bond acceptors (Lipinski definition) is 6. The highest BCUT2D eigenvalue weighted by Gasteiger charge is 2.35. The number of methoxy groups -OCH3 is 1. The molecule has 1 fully saturated rings. The Balaban J connectivity index is 2.03. The Morgan fingerprint density at radius 2 is 2.03 bits per heavy atom. The molecule has 1 N–H and O–H groups in total. The molecule has 1 aliphatic heterocycles. The average Bonchev–Trinajstić information content (AvgIpc) is 2.78. The second-order valence-electron chi connectivity index (χ2n) is 6.88. The molecule has 0 unspecified atom stereocenters. The minimum atomic E-state index is -0.662. The molecule has 0 radical (unpaired) electrons. The van der Waals surface area contributed by atoms with Gasteiger partial charge in [-0.05, 0) is 76.0 Å². The van der Waals surface area contributed by atoms with Crippen molar-refractivity contribution in [1.29, 1.82) is 0 Å². The van der Waals surface area contributed by atoms with E-state index in [1.807, 2.05) is 0 Å². The number of amides is 2. The fraction of sp³-hybridized carbons (Fsp3) is 0.130. The first-order valence-corrected chi connectivity index (χ1v) is 11.6. The highest BCUT2D eigenvalue weighted by Crippen LogP contribution is 2.35. The van der Waals surface area contributed by atoms with Gasteiger partial charge >= 0.3 is 5.97 Å². The lowest BCUT2D eigenvalue weighted by atomic mass is 10.0. The molecule has 0 spiro atoms. The summed E-state index contributed by atoms with van der Waals surface area (Å²) in [6.45, 7) is 3.45. The fourth-order valence-corrected chi connectivity index (χ4v) is 4.41.